The summed E-state index contributed by atoms with van der Waals surface area (Å²) >= 11 is 3.35. The molecule has 5 nitrogen and oxygen atoms in total. The van der Waals surface area contributed by atoms with Gasteiger partial charge in [-0.25, -0.2) is 4.79 Å². The summed E-state index contributed by atoms with van der Waals surface area (Å²) < 4.78 is 2.22. The highest BCUT2D eigenvalue weighted by Crippen LogP contribution is 2.18. The minimum Gasteiger partial charge on any atom is -0.273 e. The van der Waals surface area contributed by atoms with E-state index < -0.39 is 11.2 Å². The molecule has 1 N–H and O–H groups in total. The fourth-order valence-electron chi connectivity index (χ4n) is 1.95. The molecular weight excluding hydrogens is 310 g/mol. The van der Waals surface area contributed by atoms with E-state index in [0.717, 1.165) is 4.47 Å². The molecule has 0 aliphatic carbocycles. The number of halogens is 1. The Bertz CT molecular complexity index is 868. The van der Waals surface area contributed by atoms with Crippen molar-refractivity contribution in [3.8, 4) is 5.69 Å². The molecule has 6 heteroatoms. The Morgan fingerprint density at radius 2 is 2.05 bits per heavy atom. The van der Waals surface area contributed by atoms with Crippen LogP contribution in [0.25, 0.3) is 16.6 Å². The van der Waals surface area contributed by atoms with Gasteiger partial charge < -0.3 is 0 Å². The lowest BCUT2D eigenvalue weighted by Crippen LogP contribution is -2.29. The summed E-state index contributed by atoms with van der Waals surface area (Å²) in [5, 5.41) is 0.451. The lowest BCUT2D eigenvalue weighted by atomic mass is 10.2. The highest BCUT2D eigenvalue weighted by Gasteiger charge is 2.09. The second kappa shape index (κ2) is 4.47. The number of hydrogen-bond acceptors (Lipinski definition) is 3. The van der Waals surface area contributed by atoms with Gasteiger partial charge in [0.05, 0.1) is 22.8 Å². The molecule has 0 amide bonds. The molecule has 2 aromatic heterocycles. The Hall–Kier alpha value is -2.21. The van der Waals surface area contributed by atoms with Crippen molar-refractivity contribution in [2.24, 2.45) is 0 Å². The molecular formula is C13H8BrN3O2. The van der Waals surface area contributed by atoms with Gasteiger partial charge in [-0.15, -0.1) is 0 Å². The van der Waals surface area contributed by atoms with Crippen molar-refractivity contribution in [3.63, 3.8) is 0 Å². The summed E-state index contributed by atoms with van der Waals surface area (Å²) in [6.45, 7) is 0. The molecule has 0 bridgehead atoms. The first-order valence-corrected chi connectivity index (χ1v) is 6.31. The van der Waals surface area contributed by atoms with Crippen molar-refractivity contribution in [1.29, 1.82) is 0 Å². The summed E-state index contributed by atoms with van der Waals surface area (Å²) in [6, 6.07) is 8.66. The number of nitrogens with one attached hydrogen (secondary N) is 1. The van der Waals surface area contributed by atoms with E-state index in [1.165, 1.54) is 4.57 Å². The standard InChI is InChI=1S/C13H8BrN3O2/c14-8-3-4-10-11(6-8)17(13(19)16-12(10)18)9-2-1-5-15-7-9/h1-7H,(H,16,18,19). The lowest BCUT2D eigenvalue weighted by molar-refractivity contribution is 0.935. The van der Waals surface area contributed by atoms with E-state index >= 15 is 0 Å². The maximum absolute atomic E-state index is 12.0. The summed E-state index contributed by atoms with van der Waals surface area (Å²) in [6.07, 6.45) is 3.19. The number of hydrogen-bond donors (Lipinski definition) is 1. The van der Waals surface area contributed by atoms with Crippen molar-refractivity contribution >= 4 is 26.8 Å². The van der Waals surface area contributed by atoms with Crippen molar-refractivity contribution in [3.05, 3.63) is 68.0 Å². The van der Waals surface area contributed by atoms with Gasteiger partial charge in [0.25, 0.3) is 5.56 Å². The molecule has 2 heterocycles. The monoisotopic (exact) mass is 317 g/mol. The molecule has 3 aromatic rings. The van der Waals surface area contributed by atoms with Crippen LogP contribution >= 0.6 is 15.9 Å². The quantitative estimate of drug-likeness (QED) is 0.744. The number of nitrogens with zero attached hydrogens (tertiary/aromatic N) is 2. The average molecular weight is 318 g/mol. The third-order valence-corrected chi connectivity index (χ3v) is 3.27. The summed E-state index contributed by atoms with van der Waals surface area (Å²) in [7, 11) is 0. The third kappa shape index (κ3) is 2.00. The zero-order chi connectivity index (χ0) is 13.4. The molecule has 0 saturated carbocycles. The van der Waals surface area contributed by atoms with Crippen LogP contribution in [0, 0.1) is 0 Å². The molecule has 0 unspecified atom stereocenters. The third-order valence-electron chi connectivity index (χ3n) is 2.77. The van der Waals surface area contributed by atoms with Crippen LogP contribution in [0.5, 0.6) is 0 Å². The zero-order valence-corrected chi connectivity index (χ0v) is 11.2. The van der Waals surface area contributed by atoms with Gasteiger partial charge in [0.15, 0.2) is 0 Å². The van der Waals surface area contributed by atoms with E-state index in [9.17, 15) is 9.59 Å². The van der Waals surface area contributed by atoms with Crippen molar-refractivity contribution < 1.29 is 0 Å². The summed E-state index contributed by atoms with van der Waals surface area (Å²) in [4.78, 5) is 30.1. The number of aromatic nitrogens is 3. The number of benzene rings is 1. The van der Waals surface area contributed by atoms with Gasteiger partial charge in [-0.05, 0) is 30.3 Å². The van der Waals surface area contributed by atoms with Gasteiger partial charge in [-0.3, -0.25) is 19.3 Å². The average Bonchev–Trinajstić information content (AvgIpc) is 2.39. The van der Waals surface area contributed by atoms with Gasteiger partial charge in [0.1, 0.15) is 0 Å². The summed E-state index contributed by atoms with van der Waals surface area (Å²) in [5.41, 5.74) is 0.263. The summed E-state index contributed by atoms with van der Waals surface area (Å²) in [5.74, 6) is 0. The molecule has 94 valence electrons. The number of fused-ring (bicyclic) bond motifs is 1. The molecule has 0 fully saturated rings. The number of H-pyrrole nitrogens is 1. The number of aromatic amines is 1. The van der Waals surface area contributed by atoms with Crippen LogP contribution in [0.1, 0.15) is 0 Å². The van der Waals surface area contributed by atoms with Gasteiger partial charge in [-0.1, -0.05) is 15.9 Å². The Labute approximate surface area is 115 Å². The van der Waals surface area contributed by atoms with Crippen molar-refractivity contribution in [1.82, 2.24) is 14.5 Å². The van der Waals surface area contributed by atoms with E-state index in [2.05, 4.69) is 25.9 Å². The van der Waals surface area contributed by atoms with Gasteiger partial charge in [0, 0.05) is 10.7 Å². The largest absolute Gasteiger partial charge is 0.333 e. The van der Waals surface area contributed by atoms with Crippen LogP contribution in [-0.2, 0) is 0 Å². The first kappa shape index (κ1) is 11.9. The number of pyridine rings is 1. The SMILES string of the molecule is O=c1[nH]c(=O)n(-c2cccnc2)c2cc(Br)ccc12. The molecule has 0 spiro atoms. The Morgan fingerprint density at radius 1 is 1.21 bits per heavy atom. The van der Waals surface area contributed by atoms with E-state index in [-0.39, 0.29) is 0 Å². The van der Waals surface area contributed by atoms with Gasteiger partial charge in [0.2, 0.25) is 0 Å². The molecule has 0 aliphatic heterocycles. The first-order valence-electron chi connectivity index (χ1n) is 5.52. The molecule has 19 heavy (non-hydrogen) atoms. The first-order chi connectivity index (χ1) is 9.16. The van der Waals surface area contributed by atoms with E-state index in [0.29, 0.717) is 16.6 Å². The molecule has 0 atom stereocenters. The Kier molecular flexibility index (Phi) is 2.79. The highest BCUT2D eigenvalue weighted by atomic mass is 79.9. The van der Waals surface area contributed by atoms with Crippen LogP contribution in [-0.4, -0.2) is 14.5 Å². The molecule has 3 rings (SSSR count). The van der Waals surface area contributed by atoms with Crippen LogP contribution < -0.4 is 11.2 Å². The smallest absolute Gasteiger partial charge is 0.273 e. The normalized spacial score (nSPS) is 10.8. The fraction of sp³-hybridized carbons (Fsp3) is 0. The highest BCUT2D eigenvalue weighted by molar-refractivity contribution is 9.10. The van der Waals surface area contributed by atoms with Crippen LogP contribution in [0.4, 0.5) is 0 Å². The minimum atomic E-state index is -0.483. The molecule has 0 radical (unpaired) electrons. The minimum absolute atomic E-state index is 0.396. The Balaban J connectivity index is 2.51. The van der Waals surface area contributed by atoms with E-state index in [1.807, 2.05) is 0 Å². The van der Waals surface area contributed by atoms with Gasteiger partial charge in [-0.2, -0.15) is 0 Å². The van der Waals surface area contributed by atoms with Crippen molar-refractivity contribution in [2.75, 3.05) is 0 Å². The van der Waals surface area contributed by atoms with Crippen LogP contribution in [0.3, 0.4) is 0 Å². The van der Waals surface area contributed by atoms with Crippen LogP contribution in [0.2, 0.25) is 0 Å². The molecule has 0 saturated heterocycles. The Morgan fingerprint density at radius 3 is 2.79 bits per heavy atom. The molecule has 0 aliphatic rings. The predicted octanol–water partition coefficient (Wildman–Crippen LogP) is 1.84. The topological polar surface area (TPSA) is 67.8 Å². The molecule has 1 aromatic carbocycles. The van der Waals surface area contributed by atoms with Crippen molar-refractivity contribution in [2.45, 2.75) is 0 Å². The van der Waals surface area contributed by atoms with Gasteiger partial charge >= 0.3 is 5.69 Å². The second-order valence-electron chi connectivity index (χ2n) is 3.97. The predicted molar refractivity (Wildman–Crippen MR) is 75.7 cm³/mol. The second-order valence-corrected chi connectivity index (χ2v) is 4.88. The maximum Gasteiger partial charge on any atom is 0.333 e. The lowest BCUT2D eigenvalue weighted by Gasteiger charge is -2.09. The number of rotatable bonds is 1. The zero-order valence-electron chi connectivity index (χ0n) is 9.63. The van der Waals surface area contributed by atoms with Crippen LogP contribution in [0.15, 0.2) is 56.8 Å². The van der Waals surface area contributed by atoms with E-state index in [1.54, 1.807) is 42.7 Å². The van der Waals surface area contributed by atoms with E-state index in [4.69, 9.17) is 0 Å². The maximum atomic E-state index is 12.0. The fourth-order valence-corrected chi connectivity index (χ4v) is 2.30.